The van der Waals surface area contributed by atoms with Crippen molar-refractivity contribution in [3.63, 3.8) is 0 Å². The molecule has 0 aliphatic carbocycles. The van der Waals surface area contributed by atoms with E-state index in [1.54, 1.807) is 0 Å². The van der Waals surface area contributed by atoms with Gasteiger partial charge in [-0.2, -0.15) is 0 Å². The van der Waals surface area contributed by atoms with Gasteiger partial charge in [0.15, 0.2) is 6.29 Å². The zero-order valence-electron chi connectivity index (χ0n) is 16.9. The minimum Gasteiger partial charge on any atom is -0.494 e. The molecular formula is C23H38O3. The third-order valence-corrected chi connectivity index (χ3v) is 5.10. The maximum atomic E-state index is 5.96. The van der Waals surface area contributed by atoms with Crippen molar-refractivity contribution in [2.24, 2.45) is 5.92 Å². The van der Waals surface area contributed by atoms with Gasteiger partial charge in [-0.25, -0.2) is 0 Å². The largest absolute Gasteiger partial charge is 0.494 e. The highest BCUT2D eigenvalue weighted by atomic mass is 16.7. The Balaban J connectivity index is 1.62. The van der Waals surface area contributed by atoms with Crippen molar-refractivity contribution < 1.29 is 14.2 Å². The van der Waals surface area contributed by atoms with E-state index in [1.807, 2.05) is 12.1 Å². The average Bonchev–Trinajstić information content (AvgIpc) is 2.69. The van der Waals surface area contributed by atoms with Gasteiger partial charge >= 0.3 is 0 Å². The van der Waals surface area contributed by atoms with Gasteiger partial charge < -0.3 is 14.2 Å². The molecular weight excluding hydrogens is 324 g/mol. The van der Waals surface area contributed by atoms with Gasteiger partial charge in [-0.3, -0.25) is 0 Å². The minimum absolute atomic E-state index is 0.218. The summed E-state index contributed by atoms with van der Waals surface area (Å²) in [5.41, 5.74) is 1.09. The highest BCUT2D eigenvalue weighted by Gasteiger charge is 2.23. The summed E-state index contributed by atoms with van der Waals surface area (Å²) < 4.78 is 17.7. The van der Waals surface area contributed by atoms with E-state index in [0.29, 0.717) is 5.92 Å². The predicted octanol–water partition coefficient (Wildman–Crippen LogP) is 6.67. The zero-order chi connectivity index (χ0) is 18.5. The van der Waals surface area contributed by atoms with E-state index in [0.717, 1.165) is 37.6 Å². The number of benzene rings is 1. The third-order valence-electron chi connectivity index (χ3n) is 5.10. The molecule has 0 unspecified atom stereocenters. The van der Waals surface area contributed by atoms with Crippen molar-refractivity contribution in [1.29, 1.82) is 0 Å². The van der Waals surface area contributed by atoms with Crippen molar-refractivity contribution in [3.8, 4) is 5.75 Å². The monoisotopic (exact) mass is 362 g/mol. The first-order valence-electron chi connectivity index (χ1n) is 10.8. The molecule has 0 saturated carbocycles. The lowest BCUT2D eigenvalue weighted by atomic mass is 10.0. The Morgan fingerprint density at radius 1 is 0.808 bits per heavy atom. The van der Waals surface area contributed by atoms with Gasteiger partial charge in [0.25, 0.3) is 0 Å². The Hall–Kier alpha value is -1.06. The Labute approximate surface area is 160 Å². The molecule has 0 atom stereocenters. The Kier molecular flexibility index (Phi) is 10.8. The van der Waals surface area contributed by atoms with Crippen LogP contribution in [0.1, 0.15) is 89.9 Å². The van der Waals surface area contributed by atoms with Crippen LogP contribution in [0.4, 0.5) is 0 Å². The molecule has 3 nitrogen and oxygen atoms in total. The van der Waals surface area contributed by atoms with Crippen LogP contribution >= 0.6 is 0 Å². The normalized spacial score (nSPS) is 20.2. The van der Waals surface area contributed by atoms with Gasteiger partial charge in [0, 0.05) is 11.5 Å². The van der Waals surface area contributed by atoms with Crippen LogP contribution in [0.5, 0.6) is 5.75 Å². The van der Waals surface area contributed by atoms with Crippen LogP contribution in [-0.2, 0) is 9.47 Å². The van der Waals surface area contributed by atoms with Crippen molar-refractivity contribution in [2.45, 2.75) is 84.3 Å². The molecule has 0 amide bonds. The van der Waals surface area contributed by atoms with E-state index in [4.69, 9.17) is 14.2 Å². The molecule has 2 rings (SSSR count). The third kappa shape index (κ3) is 8.09. The summed E-state index contributed by atoms with van der Waals surface area (Å²) in [6.07, 6.45) is 12.6. The summed E-state index contributed by atoms with van der Waals surface area (Å²) in [6, 6.07) is 8.19. The van der Waals surface area contributed by atoms with Gasteiger partial charge in [0.05, 0.1) is 19.8 Å². The molecule has 0 radical (unpaired) electrons. The molecule has 0 aromatic heterocycles. The lowest BCUT2D eigenvalue weighted by Crippen LogP contribution is -2.27. The first-order valence-corrected chi connectivity index (χ1v) is 10.8. The van der Waals surface area contributed by atoms with Crippen molar-refractivity contribution in [3.05, 3.63) is 29.8 Å². The van der Waals surface area contributed by atoms with Gasteiger partial charge in [0.1, 0.15) is 5.75 Å². The van der Waals surface area contributed by atoms with Crippen molar-refractivity contribution in [2.75, 3.05) is 19.8 Å². The van der Waals surface area contributed by atoms with Crippen LogP contribution in [0.25, 0.3) is 0 Å². The topological polar surface area (TPSA) is 27.7 Å². The summed E-state index contributed by atoms with van der Waals surface area (Å²) in [5.74, 6) is 1.49. The Morgan fingerprint density at radius 2 is 1.42 bits per heavy atom. The maximum absolute atomic E-state index is 5.96. The van der Waals surface area contributed by atoms with E-state index in [1.165, 1.54) is 57.8 Å². The van der Waals surface area contributed by atoms with Crippen LogP contribution in [0.2, 0.25) is 0 Å². The molecule has 0 bridgehead atoms. The number of hydrogen-bond acceptors (Lipinski definition) is 3. The molecule has 1 aromatic carbocycles. The Bertz CT molecular complexity index is 449. The molecule has 1 aliphatic heterocycles. The molecule has 26 heavy (non-hydrogen) atoms. The second kappa shape index (κ2) is 13.2. The minimum atomic E-state index is -0.218. The second-order valence-corrected chi connectivity index (χ2v) is 7.55. The molecule has 3 heteroatoms. The highest BCUT2D eigenvalue weighted by Crippen LogP contribution is 2.28. The van der Waals surface area contributed by atoms with Crippen LogP contribution in [0.3, 0.4) is 0 Å². The predicted molar refractivity (Wildman–Crippen MR) is 108 cm³/mol. The maximum Gasteiger partial charge on any atom is 0.183 e. The second-order valence-electron chi connectivity index (χ2n) is 7.55. The van der Waals surface area contributed by atoms with Crippen molar-refractivity contribution in [1.82, 2.24) is 0 Å². The summed E-state index contributed by atoms with van der Waals surface area (Å²) >= 11 is 0. The SMILES string of the molecule is CCCCCCCC1COC(c2ccc(OCCCCCC)cc2)OC1. The number of unbranched alkanes of at least 4 members (excludes halogenated alkanes) is 7. The van der Waals surface area contributed by atoms with E-state index < -0.39 is 0 Å². The molecule has 1 fully saturated rings. The summed E-state index contributed by atoms with van der Waals surface area (Å²) in [7, 11) is 0. The average molecular weight is 363 g/mol. The number of ether oxygens (including phenoxy) is 3. The molecule has 1 heterocycles. The molecule has 0 spiro atoms. The lowest BCUT2D eigenvalue weighted by Gasteiger charge is -2.29. The van der Waals surface area contributed by atoms with E-state index >= 15 is 0 Å². The van der Waals surface area contributed by atoms with Crippen LogP contribution in [-0.4, -0.2) is 19.8 Å². The van der Waals surface area contributed by atoms with Crippen LogP contribution < -0.4 is 4.74 Å². The first kappa shape index (κ1) is 21.2. The summed E-state index contributed by atoms with van der Waals surface area (Å²) in [4.78, 5) is 0. The summed E-state index contributed by atoms with van der Waals surface area (Å²) in [5, 5.41) is 0. The van der Waals surface area contributed by atoms with Gasteiger partial charge in [-0.05, 0) is 25.0 Å². The van der Waals surface area contributed by atoms with Crippen LogP contribution in [0, 0.1) is 5.92 Å². The smallest absolute Gasteiger partial charge is 0.183 e. The van der Waals surface area contributed by atoms with Gasteiger partial charge in [0.2, 0.25) is 0 Å². The van der Waals surface area contributed by atoms with Gasteiger partial charge in [-0.1, -0.05) is 77.3 Å². The molecule has 1 aromatic rings. The lowest BCUT2D eigenvalue weighted by molar-refractivity contribution is -0.206. The standard InChI is InChI=1S/C23H38O3/c1-3-5-7-9-10-12-20-18-25-23(26-19-20)21-13-15-22(16-14-21)24-17-11-8-6-4-2/h13-16,20,23H,3-12,17-19H2,1-2H3. The molecule has 0 N–H and O–H groups in total. The number of rotatable bonds is 13. The van der Waals surface area contributed by atoms with Gasteiger partial charge in [-0.15, -0.1) is 0 Å². The molecule has 1 aliphatic rings. The summed E-state index contributed by atoms with van der Waals surface area (Å²) in [6.45, 7) is 6.91. The van der Waals surface area contributed by atoms with Crippen molar-refractivity contribution >= 4 is 0 Å². The van der Waals surface area contributed by atoms with E-state index in [-0.39, 0.29) is 6.29 Å². The fourth-order valence-corrected chi connectivity index (χ4v) is 3.38. The highest BCUT2D eigenvalue weighted by molar-refractivity contribution is 5.28. The molecule has 148 valence electrons. The Morgan fingerprint density at radius 3 is 2.08 bits per heavy atom. The van der Waals surface area contributed by atoms with E-state index in [2.05, 4.69) is 26.0 Å². The fourth-order valence-electron chi connectivity index (χ4n) is 3.38. The first-order chi connectivity index (χ1) is 12.8. The molecule has 1 saturated heterocycles. The fraction of sp³-hybridized carbons (Fsp3) is 0.739. The zero-order valence-corrected chi connectivity index (χ0v) is 16.9. The van der Waals surface area contributed by atoms with Crippen LogP contribution in [0.15, 0.2) is 24.3 Å². The number of hydrogen-bond donors (Lipinski definition) is 0. The van der Waals surface area contributed by atoms with E-state index in [9.17, 15) is 0 Å². The quantitative estimate of drug-likeness (QED) is 0.367.